The summed E-state index contributed by atoms with van der Waals surface area (Å²) in [5.74, 6) is 0.538. The number of rotatable bonds is 4. The van der Waals surface area contributed by atoms with E-state index in [9.17, 15) is 9.59 Å². The Kier molecular flexibility index (Phi) is 5.71. The van der Waals surface area contributed by atoms with Crippen molar-refractivity contribution >= 4 is 23.4 Å². The quantitative estimate of drug-likeness (QED) is 0.808. The molecule has 0 spiro atoms. The zero-order chi connectivity index (χ0) is 19.4. The number of carbonyl (C=O) groups excluding carboxylic acids is 2. The normalized spacial score (nSPS) is 14.8. The van der Waals surface area contributed by atoms with Crippen LogP contribution in [-0.4, -0.2) is 53.4 Å². The van der Waals surface area contributed by atoms with E-state index in [-0.39, 0.29) is 11.8 Å². The van der Waals surface area contributed by atoms with Crippen molar-refractivity contribution in [3.63, 3.8) is 0 Å². The molecule has 1 aliphatic heterocycles. The minimum Gasteiger partial charge on any atom is -0.478 e. The summed E-state index contributed by atoms with van der Waals surface area (Å²) >= 11 is 5.88. The Labute approximate surface area is 164 Å². The highest BCUT2D eigenvalue weighted by Gasteiger charge is 2.36. The highest BCUT2D eigenvalue weighted by molar-refractivity contribution is 6.30. The zero-order valence-electron chi connectivity index (χ0n) is 15.5. The first-order valence-corrected chi connectivity index (χ1v) is 9.33. The van der Waals surface area contributed by atoms with Gasteiger partial charge in [0.2, 0.25) is 0 Å². The lowest BCUT2D eigenvalue weighted by Gasteiger charge is -2.38. The SMILES string of the molecule is CC(C)(Oc1ccccc1)C(=O)N1CCN(C(=O)c2ccc(Cl)cc2)CC1. The number of piperazine rings is 1. The third-order valence-electron chi connectivity index (χ3n) is 4.58. The van der Waals surface area contributed by atoms with Gasteiger partial charge < -0.3 is 14.5 Å². The van der Waals surface area contributed by atoms with Crippen LogP contribution in [0.3, 0.4) is 0 Å². The van der Waals surface area contributed by atoms with Crippen LogP contribution in [0.15, 0.2) is 54.6 Å². The van der Waals surface area contributed by atoms with Gasteiger partial charge in [-0.3, -0.25) is 9.59 Å². The molecule has 0 atom stereocenters. The molecule has 2 aromatic carbocycles. The topological polar surface area (TPSA) is 49.9 Å². The van der Waals surface area contributed by atoms with E-state index in [1.807, 2.05) is 30.3 Å². The minimum atomic E-state index is -0.969. The first-order valence-electron chi connectivity index (χ1n) is 8.95. The van der Waals surface area contributed by atoms with Gasteiger partial charge in [0.15, 0.2) is 5.60 Å². The van der Waals surface area contributed by atoms with Gasteiger partial charge in [0.05, 0.1) is 0 Å². The second-order valence-electron chi connectivity index (χ2n) is 7.02. The van der Waals surface area contributed by atoms with Gasteiger partial charge in [0.1, 0.15) is 5.75 Å². The van der Waals surface area contributed by atoms with Crippen LogP contribution in [-0.2, 0) is 4.79 Å². The third-order valence-corrected chi connectivity index (χ3v) is 4.83. The average Bonchev–Trinajstić information content (AvgIpc) is 2.68. The molecule has 0 N–H and O–H groups in total. The van der Waals surface area contributed by atoms with E-state index < -0.39 is 5.60 Å². The molecule has 0 aliphatic carbocycles. The maximum Gasteiger partial charge on any atom is 0.266 e. The summed E-state index contributed by atoms with van der Waals surface area (Å²) in [6, 6.07) is 16.2. The number of para-hydroxylation sites is 1. The smallest absolute Gasteiger partial charge is 0.266 e. The van der Waals surface area contributed by atoms with E-state index in [1.165, 1.54) is 0 Å². The summed E-state index contributed by atoms with van der Waals surface area (Å²) < 4.78 is 5.89. The maximum atomic E-state index is 12.9. The van der Waals surface area contributed by atoms with Crippen LogP contribution in [0, 0.1) is 0 Å². The molecule has 1 saturated heterocycles. The van der Waals surface area contributed by atoms with Crippen LogP contribution in [0.5, 0.6) is 5.75 Å². The van der Waals surface area contributed by atoms with Crippen molar-refractivity contribution in [1.82, 2.24) is 9.80 Å². The van der Waals surface area contributed by atoms with Gasteiger partial charge in [-0.2, -0.15) is 0 Å². The predicted octanol–water partition coefficient (Wildman–Crippen LogP) is 3.48. The molecule has 142 valence electrons. The van der Waals surface area contributed by atoms with Crippen LogP contribution in [0.4, 0.5) is 0 Å². The molecule has 0 unspecified atom stereocenters. The Morgan fingerprint density at radius 3 is 2.04 bits per heavy atom. The number of hydrogen-bond donors (Lipinski definition) is 0. The van der Waals surface area contributed by atoms with E-state index in [0.717, 1.165) is 0 Å². The summed E-state index contributed by atoms with van der Waals surface area (Å²) in [6.07, 6.45) is 0. The molecule has 6 heteroatoms. The summed E-state index contributed by atoms with van der Waals surface area (Å²) in [5, 5.41) is 0.600. The van der Waals surface area contributed by atoms with Crippen LogP contribution < -0.4 is 4.74 Å². The number of benzene rings is 2. The number of nitrogens with zero attached hydrogens (tertiary/aromatic N) is 2. The molecule has 27 heavy (non-hydrogen) atoms. The largest absolute Gasteiger partial charge is 0.478 e. The number of carbonyl (C=O) groups is 2. The monoisotopic (exact) mass is 386 g/mol. The Bertz CT molecular complexity index is 798. The summed E-state index contributed by atoms with van der Waals surface area (Å²) in [5.41, 5.74) is -0.365. The maximum absolute atomic E-state index is 12.9. The Balaban J connectivity index is 1.58. The fourth-order valence-electron chi connectivity index (χ4n) is 3.10. The molecular weight excluding hydrogens is 364 g/mol. The van der Waals surface area contributed by atoms with Crippen molar-refractivity contribution in [1.29, 1.82) is 0 Å². The average molecular weight is 387 g/mol. The van der Waals surface area contributed by atoms with Gasteiger partial charge in [-0.05, 0) is 50.2 Å². The van der Waals surface area contributed by atoms with Crippen LogP contribution in [0.25, 0.3) is 0 Å². The summed E-state index contributed by atoms with van der Waals surface area (Å²) in [6.45, 7) is 5.50. The van der Waals surface area contributed by atoms with E-state index in [2.05, 4.69) is 0 Å². The lowest BCUT2D eigenvalue weighted by molar-refractivity contribution is -0.147. The standard InChI is InChI=1S/C21H23ClN2O3/c1-21(2,27-18-6-4-3-5-7-18)20(26)24-14-12-23(13-15-24)19(25)16-8-10-17(22)11-9-16/h3-11H,12-15H2,1-2H3. The molecule has 1 fully saturated rings. The van der Waals surface area contributed by atoms with Crippen molar-refractivity contribution < 1.29 is 14.3 Å². The molecule has 0 radical (unpaired) electrons. The second-order valence-corrected chi connectivity index (χ2v) is 7.45. The Morgan fingerprint density at radius 2 is 1.44 bits per heavy atom. The first kappa shape index (κ1) is 19.2. The molecule has 5 nitrogen and oxygen atoms in total. The molecule has 3 rings (SSSR count). The Hall–Kier alpha value is -2.53. The summed E-state index contributed by atoms with van der Waals surface area (Å²) in [4.78, 5) is 29.0. The highest BCUT2D eigenvalue weighted by atomic mass is 35.5. The van der Waals surface area contributed by atoms with Crippen molar-refractivity contribution in [3.05, 3.63) is 65.2 Å². The van der Waals surface area contributed by atoms with E-state index in [0.29, 0.717) is 42.5 Å². The van der Waals surface area contributed by atoms with Gasteiger partial charge in [-0.15, -0.1) is 0 Å². The molecule has 2 amide bonds. The van der Waals surface area contributed by atoms with E-state index in [1.54, 1.807) is 47.9 Å². The van der Waals surface area contributed by atoms with Crippen molar-refractivity contribution in [2.24, 2.45) is 0 Å². The van der Waals surface area contributed by atoms with Gasteiger partial charge in [0.25, 0.3) is 11.8 Å². The Morgan fingerprint density at radius 1 is 0.889 bits per heavy atom. The molecule has 0 saturated carbocycles. The molecule has 0 aromatic heterocycles. The van der Waals surface area contributed by atoms with Crippen LogP contribution in [0.1, 0.15) is 24.2 Å². The molecular formula is C21H23ClN2O3. The first-order chi connectivity index (χ1) is 12.9. The van der Waals surface area contributed by atoms with Gasteiger partial charge in [-0.25, -0.2) is 0 Å². The second kappa shape index (κ2) is 8.01. The highest BCUT2D eigenvalue weighted by Crippen LogP contribution is 2.21. The number of halogens is 1. The van der Waals surface area contributed by atoms with Gasteiger partial charge in [0, 0.05) is 36.8 Å². The number of hydrogen-bond acceptors (Lipinski definition) is 3. The number of amides is 2. The number of ether oxygens (including phenoxy) is 1. The third kappa shape index (κ3) is 4.61. The molecule has 2 aromatic rings. The predicted molar refractivity (Wildman–Crippen MR) is 105 cm³/mol. The van der Waals surface area contributed by atoms with Crippen molar-refractivity contribution in [3.8, 4) is 5.75 Å². The van der Waals surface area contributed by atoms with Crippen LogP contribution in [0.2, 0.25) is 5.02 Å². The zero-order valence-corrected chi connectivity index (χ0v) is 16.3. The van der Waals surface area contributed by atoms with Crippen molar-refractivity contribution in [2.75, 3.05) is 26.2 Å². The molecule has 1 aliphatic rings. The van der Waals surface area contributed by atoms with Crippen LogP contribution >= 0.6 is 11.6 Å². The fourth-order valence-corrected chi connectivity index (χ4v) is 3.22. The summed E-state index contributed by atoms with van der Waals surface area (Å²) in [7, 11) is 0. The van der Waals surface area contributed by atoms with E-state index in [4.69, 9.17) is 16.3 Å². The molecule has 0 bridgehead atoms. The fraction of sp³-hybridized carbons (Fsp3) is 0.333. The van der Waals surface area contributed by atoms with E-state index >= 15 is 0 Å². The lowest BCUT2D eigenvalue weighted by atomic mass is 10.1. The lowest BCUT2D eigenvalue weighted by Crippen LogP contribution is -2.56. The van der Waals surface area contributed by atoms with Gasteiger partial charge >= 0.3 is 0 Å². The molecule has 1 heterocycles. The minimum absolute atomic E-state index is 0.0430. The van der Waals surface area contributed by atoms with Gasteiger partial charge in [-0.1, -0.05) is 29.8 Å². The van der Waals surface area contributed by atoms with Crippen molar-refractivity contribution in [2.45, 2.75) is 19.4 Å².